The van der Waals surface area contributed by atoms with Crippen molar-refractivity contribution in [3.63, 3.8) is 0 Å². The van der Waals surface area contributed by atoms with Crippen LogP contribution in [0.2, 0.25) is 0 Å². The van der Waals surface area contributed by atoms with Gasteiger partial charge in [-0.3, -0.25) is 9.59 Å². The lowest BCUT2D eigenvalue weighted by Gasteiger charge is -2.17. The standard InChI is InChI=1S/C22H22N2O4/c1-14(21(25)23-27)15-6-9-17(10-7-15)24-13-16-8-11-19(12-20(16)22(24)26)28-18-4-2-3-5-18/h6-12,14,18H,2-5,13H2,1H3. The van der Waals surface area contributed by atoms with E-state index in [1.165, 1.54) is 12.8 Å². The Morgan fingerprint density at radius 3 is 2.54 bits per heavy atom. The number of carbonyl (C=O) groups is 2. The molecule has 1 fully saturated rings. The van der Waals surface area contributed by atoms with Crippen molar-refractivity contribution in [2.24, 2.45) is 5.18 Å². The van der Waals surface area contributed by atoms with Gasteiger partial charge in [0.15, 0.2) is 0 Å². The minimum atomic E-state index is -0.702. The number of benzene rings is 2. The number of nitrogens with zero attached hydrogens (tertiary/aromatic N) is 2. The SMILES string of the molecule is CC(C(=O)N=O)c1ccc(N2Cc3ccc(OC4CCCC4)cc3C2=O)cc1. The summed E-state index contributed by atoms with van der Waals surface area (Å²) < 4.78 is 6.03. The van der Waals surface area contributed by atoms with Crippen LogP contribution in [0.5, 0.6) is 5.75 Å². The van der Waals surface area contributed by atoms with E-state index >= 15 is 0 Å². The molecule has 0 radical (unpaired) electrons. The zero-order chi connectivity index (χ0) is 19.7. The Morgan fingerprint density at radius 2 is 1.86 bits per heavy atom. The van der Waals surface area contributed by atoms with Gasteiger partial charge in [0.05, 0.1) is 18.6 Å². The van der Waals surface area contributed by atoms with Crippen LogP contribution in [0, 0.1) is 4.91 Å². The number of carbonyl (C=O) groups excluding carboxylic acids is 2. The number of nitroso groups, excluding NO2 is 1. The van der Waals surface area contributed by atoms with Crippen molar-refractivity contribution < 1.29 is 14.3 Å². The van der Waals surface area contributed by atoms with E-state index in [0.29, 0.717) is 17.7 Å². The van der Waals surface area contributed by atoms with Gasteiger partial charge in [-0.25, -0.2) is 0 Å². The smallest absolute Gasteiger partial charge is 0.293 e. The summed E-state index contributed by atoms with van der Waals surface area (Å²) in [4.78, 5) is 36.5. The zero-order valence-electron chi connectivity index (χ0n) is 15.8. The molecule has 0 saturated heterocycles. The van der Waals surface area contributed by atoms with E-state index in [2.05, 4.69) is 5.18 Å². The molecule has 0 bridgehead atoms. The van der Waals surface area contributed by atoms with Crippen LogP contribution in [-0.4, -0.2) is 17.9 Å². The van der Waals surface area contributed by atoms with Crippen LogP contribution in [0.25, 0.3) is 0 Å². The van der Waals surface area contributed by atoms with E-state index in [0.717, 1.165) is 29.8 Å². The molecule has 2 aliphatic rings. The van der Waals surface area contributed by atoms with Gasteiger partial charge in [0.25, 0.3) is 11.8 Å². The van der Waals surface area contributed by atoms with Crippen LogP contribution in [0.15, 0.2) is 47.6 Å². The first-order valence-electron chi connectivity index (χ1n) is 9.65. The second-order valence-corrected chi connectivity index (χ2v) is 7.48. The molecule has 0 N–H and O–H groups in total. The summed E-state index contributed by atoms with van der Waals surface area (Å²) in [5, 5.41) is 2.48. The van der Waals surface area contributed by atoms with E-state index < -0.39 is 11.8 Å². The van der Waals surface area contributed by atoms with E-state index in [9.17, 15) is 14.5 Å². The molecule has 1 heterocycles. The Morgan fingerprint density at radius 1 is 1.14 bits per heavy atom. The molecule has 1 saturated carbocycles. The summed E-state index contributed by atoms with van der Waals surface area (Å²) in [6.07, 6.45) is 4.80. The fraction of sp³-hybridized carbons (Fsp3) is 0.364. The lowest BCUT2D eigenvalue weighted by molar-refractivity contribution is -0.119. The molecule has 0 spiro atoms. The minimum absolute atomic E-state index is 0.0571. The van der Waals surface area contributed by atoms with Crippen molar-refractivity contribution in [2.75, 3.05) is 4.90 Å². The highest BCUT2D eigenvalue weighted by Crippen LogP contribution is 2.33. The molecule has 2 amide bonds. The molecule has 144 valence electrons. The highest BCUT2D eigenvalue weighted by molar-refractivity contribution is 6.10. The van der Waals surface area contributed by atoms with Crippen LogP contribution in [0.1, 0.15) is 60.0 Å². The first-order chi connectivity index (χ1) is 13.6. The molecule has 2 aromatic carbocycles. The largest absolute Gasteiger partial charge is 0.490 e. The summed E-state index contributed by atoms with van der Waals surface area (Å²) in [5.41, 5.74) is 3.10. The van der Waals surface area contributed by atoms with Crippen LogP contribution in [0.4, 0.5) is 5.69 Å². The Balaban J connectivity index is 1.51. The number of fused-ring (bicyclic) bond motifs is 1. The van der Waals surface area contributed by atoms with Gasteiger partial charge >= 0.3 is 0 Å². The molecule has 1 unspecified atom stereocenters. The quantitative estimate of drug-likeness (QED) is 0.715. The van der Waals surface area contributed by atoms with Gasteiger partial charge in [-0.15, -0.1) is 4.91 Å². The summed E-state index contributed by atoms with van der Waals surface area (Å²) in [6.45, 7) is 2.14. The number of hydrogen-bond acceptors (Lipinski definition) is 4. The van der Waals surface area contributed by atoms with Crippen molar-refractivity contribution in [2.45, 2.75) is 51.2 Å². The highest BCUT2D eigenvalue weighted by atomic mass is 16.5. The lowest BCUT2D eigenvalue weighted by atomic mass is 10.0. The maximum Gasteiger partial charge on any atom is 0.293 e. The zero-order valence-corrected chi connectivity index (χ0v) is 15.8. The van der Waals surface area contributed by atoms with Crippen molar-refractivity contribution in [3.8, 4) is 5.75 Å². The molecule has 28 heavy (non-hydrogen) atoms. The molecule has 6 heteroatoms. The van der Waals surface area contributed by atoms with Gasteiger partial charge in [0, 0.05) is 16.4 Å². The lowest BCUT2D eigenvalue weighted by Crippen LogP contribution is -2.23. The van der Waals surface area contributed by atoms with Crippen molar-refractivity contribution in [1.82, 2.24) is 0 Å². The molecule has 4 rings (SSSR count). The second-order valence-electron chi connectivity index (χ2n) is 7.48. The molecule has 1 aliphatic heterocycles. The normalized spacial score (nSPS) is 17.5. The van der Waals surface area contributed by atoms with Gasteiger partial charge in [-0.1, -0.05) is 18.2 Å². The van der Waals surface area contributed by atoms with Crippen LogP contribution in [-0.2, 0) is 11.3 Å². The summed E-state index contributed by atoms with van der Waals surface area (Å²) in [6, 6.07) is 12.9. The molecular weight excluding hydrogens is 356 g/mol. The van der Waals surface area contributed by atoms with Gasteiger partial charge in [-0.2, -0.15) is 0 Å². The third kappa shape index (κ3) is 3.42. The Labute approximate surface area is 163 Å². The Hall–Kier alpha value is -3.02. The third-order valence-corrected chi connectivity index (χ3v) is 5.66. The predicted molar refractivity (Wildman–Crippen MR) is 105 cm³/mol. The monoisotopic (exact) mass is 378 g/mol. The summed E-state index contributed by atoms with van der Waals surface area (Å²) in [5.74, 6) is -0.594. The highest BCUT2D eigenvalue weighted by Gasteiger charge is 2.29. The average Bonchev–Trinajstić information content (AvgIpc) is 3.35. The fourth-order valence-corrected chi connectivity index (χ4v) is 3.93. The number of ether oxygens (including phenoxy) is 1. The van der Waals surface area contributed by atoms with Crippen molar-refractivity contribution >= 4 is 17.5 Å². The van der Waals surface area contributed by atoms with Crippen LogP contribution >= 0.6 is 0 Å². The maximum atomic E-state index is 12.9. The maximum absolute atomic E-state index is 12.9. The number of rotatable bonds is 5. The van der Waals surface area contributed by atoms with Gasteiger partial charge in [0.1, 0.15) is 5.75 Å². The molecule has 1 atom stereocenters. The van der Waals surface area contributed by atoms with Crippen LogP contribution in [0.3, 0.4) is 0 Å². The van der Waals surface area contributed by atoms with Gasteiger partial charge < -0.3 is 9.64 Å². The average molecular weight is 378 g/mol. The van der Waals surface area contributed by atoms with Gasteiger partial charge in [-0.05, 0) is 68.0 Å². The number of hydrogen-bond donors (Lipinski definition) is 0. The summed E-state index contributed by atoms with van der Waals surface area (Å²) in [7, 11) is 0. The van der Waals surface area contributed by atoms with Gasteiger partial charge in [0.2, 0.25) is 0 Å². The first-order valence-corrected chi connectivity index (χ1v) is 9.65. The molecular formula is C22H22N2O4. The minimum Gasteiger partial charge on any atom is -0.490 e. The Bertz CT molecular complexity index is 917. The second kappa shape index (κ2) is 7.54. The Kier molecular flexibility index (Phi) is 4.94. The van der Waals surface area contributed by atoms with Crippen molar-refractivity contribution in [1.29, 1.82) is 0 Å². The fourth-order valence-electron chi connectivity index (χ4n) is 3.93. The topological polar surface area (TPSA) is 76.0 Å². The number of amides is 2. The molecule has 6 nitrogen and oxygen atoms in total. The predicted octanol–water partition coefficient (Wildman–Crippen LogP) is 4.56. The third-order valence-electron chi connectivity index (χ3n) is 5.66. The number of anilines is 1. The summed E-state index contributed by atoms with van der Waals surface area (Å²) >= 11 is 0. The van der Waals surface area contributed by atoms with E-state index in [4.69, 9.17) is 4.74 Å². The first kappa shape index (κ1) is 18.3. The molecule has 1 aliphatic carbocycles. The molecule has 2 aromatic rings. The van der Waals surface area contributed by atoms with E-state index in [1.807, 2.05) is 18.2 Å². The van der Waals surface area contributed by atoms with E-state index in [-0.39, 0.29) is 12.0 Å². The van der Waals surface area contributed by atoms with Crippen molar-refractivity contribution in [3.05, 3.63) is 64.1 Å². The van der Waals surface area contributed by atoms with E-state index in [1.54, 1.807) is 36.1 Å². The van der Waals surface area contributed by atoms with Crippen LogP contribution < -0.4 is 9.64 Å². The molecule has 0 aromatic heterocycles.